The van der Waals surface area contributed by atoms with Crippen LogP contribution in [0.1, 0.15) is 5.82 Å². The van der Waals surface area contributed by atoms with Crippen molar-refractivity contribution in [3.63, 3.8) is 0 Å². The second-order valence-corrected chi connectivity index (χ2v) is 7.56. The summed E-state index contributed by atoms with van der Waals surface area (Å²) in [5, 5.41) is 17.0. The van der Waals surface area contributed by atoms with Crippen molar-refractivity contribution >= 4 is 28.4 Å². The number of rotatable bonds is 5. The summed E-state index contributed by atoms with van der Waals surface area (Å²) in [7, 11) is 3.33. The Morgan fingerprint density at radius 2 is 1.90 bits per heavy atom. The van der Waals surface area contributed by atoms with Crippen molar-refractivity contribution in [3.8, 4) is 17.1 Å². The first-order valence-corrected chi connectivity index (χ1v) is 10.2. The molecular formula is C20H17N7O2S. The largest absolute Gasteiger partial charge is 0.497 e. The van der Waals surface area contributed by atoms with Crippen LogP contribution in [0.2, 0.25) is 0 Å². The van der Waals surface area contributed by atoms with E-state index in [1.807, 2.05) is 52.9 Å². The molecule has 0 saturated carbocycles. The summed E-state index contributed by atoms with van der Waals surface area (Å²) in [4.78, 5) is 17.1. The van der Waals surface area contributed by atoms with E-state index in [-0.39, 0.29) is 5.56 Å². The van der Waals surface area contributed by atoms with Gasteiger partial charge < -0.3 is 4.74 Å². The molecule has 0 fully saturated rings. The van der Waals surface area contributed by atoms with Gasteiger partial charge in [0, 0.05) is 12.6 Å². The van der Waals surface area contributed by atoms with Crippen LogP contribution in [-0.2, 0) is 12.8 Å². The van der Waals surface area contributed by atoms with E-state index in [2.05, 4.69) is 25.4 Å². The smallest absolute Gasteiger partial charge is 0.262 e. The highest BCUT2D eigenvalue weighted by atomic mass is 32.2. The summed E-state index contributed by atoms with van der Waals surface area (Å²) in [6.45, 7) is 0. The van der Waals surface area contributed by atoms with Crippen molar-refractivity contribution in [1.29, 1.82) is 0 Å². The fraction of sp³-hybridized carbons (Fsp3) is 0.150. The van der Waals surface area contributed by atoms with Gasteiger partial charge in [-0.1, -0.05) is 23.9 Å². The molecule has 0 unspecified atom stereocenters. The van der Waals surface area contributed by atoms with Crippen molar-refractivity contribution in [1.82, 2.24) is 34.3 Å². The molecule has 3 heterocycles. The van der Waals surface area contributed by atoms with E-state index >= 15 is 0 Å². The zero-order valence-corrected chi connectivity index (χ0v) is 17.1. The van der Waals surface area contributed by atoms with Gasteiger partial charge in [-0.2, -0.15) is 0 Å². The fourth-order valence-corrected chi connectivity index (χ4v) is 4.01. The predicted octanol–water partition coefficient (Wildman–Crippen LogP) is 2.67. The molecule has 10 heteroatoms. The van der Waals surface area contributed by atoms with E-state index in [0.717, 1.165) is 22.7 Å². The molecule has 0 spiro atoms. The third kappa shape index (κ3) is 3.01. The Hall–Kier alpha value is -3.66. The van der Waals surface area contributed by atoms with Gasteiger partial charge in [-0.25, -0.2) is 4.98 Å². The SMILES string of the molecule is COc1ccc(-c2nc(SCc3nnc4n(C)c(=O)c5ccccc5n34)n[nH]2)cc1. The number of aryl methyl sites for hydroxylation is 1. The Kier molecular flexibility index (Phi) is 4.47. The Balaban J connectivity index is 1.45. The van der Waals surface area contributed by atoms with Crippen LogP contribution in [0.25, 0.3) is 28.1 Å². The van der Waals surface area contributed by atoms with E-state index in [1.54, 1.807) is 14.2 Å². The van der Waals surface area contributed by atoms with Crippen LogP contribution < -0.4 is 10.3 Å². The third-order valence-electron chi connectivity index (χ3n) is 4.85. The number of nitrogens with one attached hydrogen (secondary N) is 1. The number of H-pyrrole nitrogens is 1. The number of para-hydroxylation sites is 1. The number of aromatic nitrogens is 7. The molecule has 9 nitrogen and oxygen atoms in total. The van der Waals surface area contributed by atoms with E-state index in [9.17, 15) is 4.79 Å². The number of nitrogens with zero attached hydrogens (tertiary/aromatic N) is 6. The summed E-state index contributed by atoms with van der Waals surface area (Å²) < 4.78 is 8.60. The highest BCUT2D eigenvalue weighted by Crippen LogP contribution is 2.24. The van der Waals surface area contributed by atoms with Crippen LogP contribution in [-0.4, -0.2) is 41.5 Å². The van der Waals surface area contributed by atoms with Gasteiger partial charge in [0.15, 0.2) is 5.82 Å². The normalized spacial score (nSPS) is 11.4. The second-order valence-electron chi connectivity index (χ2n) is 6.62. The van der Waals surface area contributed by atoms with Crippen molar-refractivity contribution in [3.05, 3.63) is 64.7 Å². The molecule has 30 heavy (non-hydrogen) atoms. The molecule has 0 amide bonds. The number of aromatic amines is 1. The van der Waals surface area contributed by atoms with Crippen LogP contribution in [0.3, 0.4) is 0 Å². The van der Waals surface area contributed by atoms with Crippen LogP contribution in [0.5, 0.6) is 5.75 Å². The maximum atomic E-state index is 12.6. The highest BCUT2D eigenvalue weighted by Gasteiger charge is 2.15. The van der Waals surface area contributed by atoms with Crippen LogP contribution in [0.15, 0.2) is 58.5 Å². The standard InChI is InChI=1S/C20H17N7O2S/c1-26-18(28)14-5-3-4-6-15(14)27-16(22-25-20(26)27)11-30-19-21-17(23-24-19)12-7-9-13(29-2)10-8-12/h3-10H,11H2,1-2H3,(H,21,23,24). The first-order chi connectivity index (χ1) is 14.7. The number of ether oxygens (including phenoxy) is 1. The third-order valence-corrected chi connectivity index (χ3v) is 5.70. The monoisotopic (exact) mass is 419 g/mol. The number of fused-ring (bicyclic) bond motifs is 3. The van der Waals surface area contributed by atoms with E-state index in [1.165, 1.54) is 16.3 Å². The van der Waals surface area contributed by atoms with Crippen LogP contribution in [0, 0.1) is 0 Å². The molecule has 0 aliphatic carbocycles. The van der Waals surface area contributed by atoms with Crippen LogP contribution >= 0.6 is 11.8 Å². The molecule has 0 atom stereocenters. The average molecular weight is 419 g/mol. The quantitative estimate of drug-likeness (QED) is 0.437. The van der Waals surface area contributed by atoms with Gasteiger partial charge in [0.25, 0.3) is 5.56 Å². The molecule has 0 saturated heterocycles. The van der Waals surface area contributed by atoms with Crippen molar-refractivity contribution in [2.45, 2.75) is 10.9 Å². The fourth-order valence-electron chi connectivity index (χ4n) is 3.30. The lowest BCUT2D eigenvalue weighted by Gasteiger charge is -2.07. The molecule has 3 aromatic heterocycles. The number of benzene rings is 2. The minimum Gasteiger partial charge on any atom is -0.497 e. The summed E-state index contributed by atoms with van der Waals surface area (Å²) in [5.74, 6) is 3.19. The minimum absolute atomic E-state index is 0.0946. The maximum Gasteiger partial charge on any atom is 0.262 e. The van der Waals surface area contributed by atoms with Gasteiger partial charge in [0.1, 0.15) is 11.6 Å². The van der Waals surface area contributed by atoms with Gasteiger partial charge >= 0.3 is 0 Å². The second kappa shape index (κ2) is 7.30. The summed E-state index contributed by atoms with van der Waals surface area (Å²) in [5.41, 5.74) is 1.61. The number of hydrogen-bond acceptors (Lipinski definition) is 7. The van der Waals surface area contributed by atoms with E-state index in [4.69, 9.17) is 4.74 Å². The van der Waals surface area contributed by atoms with Crippen molar-refractivity contribution in [2.24, 2.45) is 7.05 Å². The molecule has 150 valence electrons. The molecule has 5 rings (SSSR count). The molecule has 0 radical (unpaired) electrons. The highest BCUT2D eigenvalue weighted by molar-refractivity contribution is 7.98. The minimum atomic E-state index is -0.0946. The van der Waals surface area contributed by atoms with Crippen molar-refractivity contribution in [2.75, 3.05) is 7.11 Å². The van der Waals surface area contributed by atoms with Gasteiger partial charge in [-0.05, 0) is 36.4 Å². The zero-order valence-electron chi connectivity index (χ0n) is 16.2. The number of methoxy groups -OCH3 is 1. The van der Waals surface area contributed by atoms with E-state index in [0.29, 0.717) is 27.9 Å². The first-order valence-electron chi connectivity index (χ1n) is 9.17. The molecular weight excluding hydrogens is 402 g/mol. The molecule has 0 aliphatic rings. The average Bonchev–Trinajstić information content (AvgIpc) is 3.43. The summed E-state index contributed by atoms with van der Waals surface area (Å²) in [6, 6.07) is 15.1. The maximum absolute atomic E-state index is 12.6. The van der Waals surface area contributed by atoms with Crippen molar-refractivity contribution < 1.29 is 4.74 Å². The van der Waals surface area contributed by atoms with Gasteiger partial charge in [0.05, 0.1) is 23.8 Å². The molecule has 0 aliphatic heterocycles. The lowest BCUT2D eigenvalue weighted by atomic mass is 10.2. The number of hydrogen-bond donors (Lipinski definition) is 1. The Morgan fingerprint density at radius 1 is 1.10 bits per heavy atom. The van der Waals surface area contributed by atoms with Gasteiger partial charge in [-0.15, -0.1) is 15.3 Å². The predicted molar refractivity (Wildman–Crippen MR) is 114 cm³/mol. The molecule has 1 N–H and O–H groups in total. The van der Waals surface area contributed by atoms with Gasteiger partial charge in [-0.3, -0.25) is 18.9 Å². The molecule has 0 bridgehead atoms. The first kappa shape index (κ1) is 18.4. The Labute approximate surface area is 174 Å². The zero-order chi connectivity index (χ0) is 20.7. The lowest BCUT2D eigenvalue weighted by Crippen LogP contribution is -2.20. The Morgan fingerprint density at radius 3 is 2.70 bits per heavy atom. The molecule has 5 aromatic rings. The van der Waals surface area contributed by atoms with Gasteiger partial charge in [0.2, 0.25) is 10.9 Å². The Bertz CT molecular complexity index is 1420. The van der Waals surface area contributed by atoms with Crippen LogP contribution in [0.4, 0.5) is 0 Å². The van der Waals surface area contributed by atoms with E-state index < -0.39 is 0 Å². The summed E-state index contributed by atoms with van der Waals surface area (Å²) >= 11 is 1.45. The number of thioether (sulfide) groups is 1. The topological polar surface area (TPSA) is 103 Å². The lowest BCUT2D eigenvalue weighted by molar-refractivity contribution is 0.415. The summed E-state index contributed by atoms with van der Waals surface area (Å²) in [6.07, 6.45) is 0. The molecule has 2 aromatic carbocycles.